The molecule has 140 valence electrons. The number of hydrogen-bond donors (Lipinski definition) is 2. The number of nitrogens with one attached hydrogen (secondary N) is 1. The number of oxime groups is 1. The number of carbonyl (C=O) groups is 2. The zero-order valence-corrected chi connectivity index (χ0v) is 15.4. The van der Waals surface area contributed by atoms with Crippen LogP contribution in [0.1, 0.15) is 11.1 Å². The molecule has 1 saturated heterocycles. The van der Waals surface area contributed by atoms with Gasteiger partial charge in [-0.15, -0.1) is 0 Å². The molecule has 1 aliphatic heterocycles. The molecule has 2 N–H and O–H groups in total. The first-order valence-corrected chi connectivity index (χ1v) is 9.05. The Labute approximate surface area is 160 Å². The van der Waals surface area contributed by atoms with E-state index in [1.807, 2.05) is 12.1 Å². The van der Waals surface area contributed by atoms with Gasteiger partial charge in [0.2, 0.25) is 5.91 Å². The quantitative estimate of drug-likeness (QED) is 0.431. The number of nitrogens with zero attached hydrogens (tertiary/aromatic N) is 1. The van der Waals surface area contributed by atoms with E-state index in [9.17, 15) is 14.8 Å². The van der Waals surface area contributed by atoms with Crippen LogP contribution in [0.5, 0.6) is 11.5 Å². The molecule has 1 fully saturated rings. The maximum absolute atomic E-state index is 11.6. The predicted molar refractivity (Wildman–Crippen MR) is 102 cm³/mol. The number of amides is 2. The van der Waals surface area contributed by atoms with Crippen LogP contribution in [0, 0.1) is 0 Å². The minimum Gasteiger partial charge on any atom is -0.497 e. The van der Waals surface area contributed by atoms with Gasteiger partial charge >= 0.3 is 0 Å². The standard InChI is InChI=1S/C19H18N2O5S/c1-25-15-4-2-3-13(10-15)16(21-24)11-26-14-7-5-12(6-8-14)9-17-18(22)20-19(23)27-17/h2-8,10,17,24H,9,11H2,1H3,(H,20,22,23). The van der Waals surface area contributed by atoms with Crippen molar-refractivity contribution in [1.29, 1.82) is 0 Å². The SMILES string of the molecule is COc1cccc(C(COc2ccc(CC3SC(=O)NC3=O)cc2)=NO)c1. The molecule has 0 aliphatic carbocycles. The van der Waals surface area contributed by atoms with Crippen molar-refractivity contribution >= 4 is 28.6 Å². The molecule has 1 atom stereocenters. The van der Waals surface area contributed by atoms with Crippen molar-refractivity contribution < 1.29 is 24.3 Å². The van der Waals surface area contributed by atoms with Gasteiger partial charge in [0.15, 0.2) is 0 Å². The van der Waals surface area contributed by atoms with E-state index >= 15 is 0 Å². The summed E-state index contributed by atoms with van der Waals surface area (Å²) < 4.78 is 10.8. The highest BCUT2D eigenvalue weighted by Crippen LogP contribution is 2.24. The van der Waals surface area contributed by atoms with E-state index in [4.69, 9.17) is 9.47 Å². The van der Waals surface area contributed by atoms with Gasteiger partial charge in [0.25, 0.3) is 5.24 Å². The van der Waals surface area contributed by atoms with Gasteiger partial charge in [0.05, 0.1) is 12.4 Å². The molecule has 1 unspecified atom stereocenters. The van der Waals surface area contributed by atoms with Crippen LogP contribution in [-0.2, 0) is 11.2 Å². The fraction of sp³-hybridized carbons (Fsp3) is 0.211. The summed E-state index contributed by atoms with van der Waals surface area (Å²) in [7, 11) is 1.57. The molecule has 8 heteroatoms. The molecule has 27 heavy (non-hydrogen) atoms. The lowest BCUT2D eigenvalue weighted by Crippen LogP contribution is -2.25. The summed E-state index contributed by atoms with van der Waals surface area (Å²) in [4.78, 5) is 22.8. The van der Waals surface area contributed by atoms with Crippen LogP contribution in [0.2, 0.25) is 0 Å². The molecule has 2 amide bonds. The second-order valence-electron chi connectivity index (χ2n) is 5.80. The average molecular weight is 386 g/mol. The monoisotopic (exact) mass is 386 g/mol. The Balaban J connectivity index is 1.59. The predicted octanol–water partition coefficient (Wildman–Crippen LogP) is 2.85. The van der Waals surface area contributed by atoms with Crippen LogP contribution in [0.3, 0.4) is 0 Å². The number of imide groups is 1. The van der Waals surface area contributed by atoms with Gasteiger partial charge in [0.1, 0.15) is 23.8 Å². The largest absolute Gasteiger partial charge is 0.497 e. The Hall–Kier alpha value is -3.00. The van der Waals surface area contributed by atoms with E-state index in [1.165, 1.54) is 0 Å². The Bertz CT molecular complexity index is 867. The second kappa shape index (κ2) is 8.59. The topological polar surface area (TPSA) is 97.2 Å². The van der Waals surface area contributed by atoms with Crippen LogP contribution < -0.4 is 14.8 Å². The number of carbonyl (C=O) groups excluding carboxylic acids is 2. The fourth-order valence-corrected chi connectivity index (χ4v) is 3.45. The zero-order valence-electron chi connectivity index (χ0n) is 14.5. The Kier molecular flexibility index (Phi) is 5.97. The lowest BCUT2D eigenvalue weighted by molar-refractivity contribution is -0.118. The van der Waals surface area contributed by atoms with Crippen LogP contribution in [0.4, 0.5) is 4.79 Å². The summed E-state index contributed by atoms with van der Waals surface area (Å²) in [6.45, 7) is 0.0817. The summed E-state index contributed by atoms with van der Waals surface area (Å²) in [5.41, 5.74) is 1.99. The van der Waals surface area contributed by atoms with Crippen molar-refractivity contribution in [1.82, 2.24) is 5.32 Å². The third-order valence-corrected chi connectivity index (χ3v) is 4.99. The highest BCUT2D eigenvalue weighted by molar-refractivity contribution is 8.15. The number of methoxy groups -OCH3 is 1. The van der Waals surface area contributed by atoms with Crippen molar-refractivity contribution in [2.75, 3.05) is 13.7 Å². The highest BCUT2D eigenvalue weighted by Gasteiger charge is 2.31. The van der Waals surface area contributed by atoms with Crippen molar-refractivity contribution in [3.8, 4) is 11.5 Å². The molecule has 0 saturated carbocycles. The van der Waals surface area contributed by atoms with Crippen LogP contribution >= 0.6 is 11.8 Å². The van der Waals surface area contributed by atoms with Gasteiger partial charge in [-0.05, 0) is 36.2 Å². The van der Waals surface area contributed by atoms with E-state index in [-0.39, 0.29) is 17.8 Å². The Morgan fingerprint density at radius 1 is 1.19 bits per heavy atom. The number of hydrogen-bond acceptors (Lipinski definition) is 7. The highest BCUT2D eigenvalue weighted by atomic mass is 32.2. The molecule has 3 rings (SSSR count). The van der Waals surface area contributed by atoms with Crippen LogP contribution in [0.25, 0.3) is 0 Å². The molecule has 1 heterocycles. The lowest BCUT2D eigenvalue weighted by Gasteiger charge is -2.10. The van der Waals surface area contributed by atoms with Gasteiger partial charge in [0, 0.05) is 5.56 Å². The molecule has 0 spiro atoms. The van der Waals surface area contributed by atoms with Gasteiger partial charge < -0.3 is 14.7 Å². The van der Waals surface area contributed by atoms with E-state index in [2.05, 4.69) is 10.5 Å². The summed E-state index contributed by atoms with van der Waals surface area (Å²) in [6, 6.07) is 14.4. The normalized spacial score (nSPS) is 16.9. The zero-order chi connectivity index (χ0) is 19.2. The van der Waals surface area contributed by atoms with E-state index in [0.29, 0.717) is 29.2 Å². The van der Waals surface area contributed by atoms with Crippen molar-refractivity contribution in [3.05, 3.63) is 59.7 Å². The third kappa shape index (κ3) is 4.79. The molecule has 0 bridgehead atoms. The summed E-state index contributed by atoms with van der Waals surface area (Å²) in [6.07, 6.45) is 0.468. The summed E-state index contributed by atoms with van der Waals surface area (Å²) >= 11 is 1.01. The van der Waals surface area contributed by atoms with Gasteiger partial charge in [-0.2, -0.15) is 0 Å². The fourth-order valence-electron chi connectivity index (χ4n) is 2.59. The first kappa shape index (κ1) is 18.8. The summed E-state index contributed by atoms with van der Waals surface area (Å²) in [5, 5.41) is 14.1. The number of rotatable bonds is 7. The molecule has 1 aliphatic rings. The number of thioether (sulfide) groups is 1. The maximum atomic E-state index is 11.6. The average Bonchev–Trinajstić information content (AvgIpc) is 3.00. The molecular weight excluding hydrogens is 368 g/mol. The first-order chi connectivity index (χ1) is 13.1. The van der Waals surface area contributed by atoms with Crippen LogP contribution in [-0.4, -0.2) is 41.0 Å². The minimum atomic E-state index is -0.398. The summed E-state index contributed by atoms with van der Waals surface area (Å²) in [5.74, 6) is 1.00. The van der Waals surface area contributed by atoms with Crippen molar-refractivity contribution in [3.63, 3.8) is 0 Å². The van der Waals surface area contributed by atoms with Crippen LogP contribution in [0.15, 0.2) is 53.7 Å². The Morgan fingerprint density at radius 3 is 2.59 bits per heavy atom. The maximum Gasteiger partial charge on any atom is 0.286 e. The molecule has 7 nitrogen and oxygen atoms in total. The second-order valence-corrected chi connectivity index (χ2v) is 6.97. The molecule has 2 aromatic rings. The molecule has 2 aromatic carbocycles. The number of benzene rings is 2. The van der Waals surface area contributed by atoms with E-state index < -0.39 is 5.25 Å². The first-order valence-electron chi connectivity index (χ1n) is 8.17. The van der Waals surface area contributed by atoms with Crippen molar-refractivity contribution in [2.24, 2.45) is 5.16 Å². The van der Waals surface area contributed by atoms with Crippen molar-refractivity contribution in [2.45, 2.75) is 11.7 Å². The molecule has 0 radical (unpaired) electrons. The van der Waals surface area contributed by atoms with Gasteiger partial charge in [-0.1, -0.05) is 41.2 Å². The smallest absolute Gasteiger partial charge is 0.286 e. The van der Waals surface area contributed by atoms with Gasteiger partial charge in [-0.3, -0.25) is 14.9 Å². The molecule has 0 aromatic heterocycles. The molecular formula is C19H18N2O5S. The minimum absolute atomic E-state index is 0.0817. The van der Waals surface area contributed by atoms with E-state index in [1.54, 1.807) is 43.5 Å². The van der Waals surface area contributed by atoms with Gasteiger partial charge in [-0.25, -0.2) is 0 Å². The number of ether oxygens (including phenoxy) is 2. The Morgan fingerprint density at radius 2 is 1.96 bits per heavy atom. The lowest BCUT2D eigenvalue weighted by atomic mass is 10.1. The third-order valence-electron chi connectivity index (χ3n) is 4.01. The van der Waals surface area contributed by atoms with E-state index in [0.717, 1.165) is 17.3 Å².